The standard InChI is InChI=1S/C12H18N4O2/c1-18-7-9(17)4-5-14-12-15-10-3-2-8(13)6-11(10)16-12/h2-3,6,9,17H,4-5,7,13H2,1H3,(H2,14,15,16). The zero-order valence-corrected chi connectivity index (χ0v) is 10.3. The number of fused-ring (bicyclic) bond motifs is 1. The monoisotopic (exact) mass is 250 g/mol. The molecule has 18 heavy (non-hydrogen) atoms. The highest BCUT2D eigenvalue weighted by Crippen LogP contribution is 2.16. The average Bonchev–Trinajstić information content (AvgIpc) is 2.71. The van der Waals surface area contributed by atoms with Gasteiger partial charge in [-0.2, -0.15) is 0 Å². The lowest BCUT2D eigenvalue weighted by Gasteiger charge is -2.09. The second kappa shape index (κ2) is 5.70. The number of aliphatic hydroxyl groups is 1. The van der Waals surface area contributed by atoms with Gasteiger partial charge >= 0.3 is 0 Å². The van der Waals surface area contributed by atoms with Crippen LogP contribution in [0.4, 0.5) is 11.6 Å². The largest absolute Gasteiger partial charge is 0.399 e. The number of aliphatic hydroxyl groups excluding tert-OH is 1. The number of anilines is 2. The maximum Gasteiger partial charge on any atom is 0.201 e. The topological polar surface area (TPSA) is 96.2 Å². The summed E-state index contributed by atoms with van der Waals surface area (Å²) in [6.45, 7) is 0.970. The van der Waals surface area contributed by atoms with E-state index in [2.05, 4.69) is 15.3 Å². The van der Waals surface area contributed by atoms with Crippen LogP contribution in [0.25, 0.3) is 11.0 Å². The molecule has 6 nitrogen and oxygen atoms in total. The molecule has 0 bridgehead atoms. The molecule has 0 aliphatic carbocycles. The molecule has 2 rings (SSSR count). The van der Waals surface area contributed by atoms with Crippen LogP contribution < -0.4 is 11.1 Å². The minimum absolute atomic E-state index is 0.346. The number of aromatic amines is 1. The van der Waals surface area contributed by atoms with Gasteiger partial charge < -0.3 is 25.9 Å². The van der Waals surface area contributed by atoms with Crippen LogP contribution in [0.2, 0.25) is 0 Å². The van der Waals surface area contributed by atoms with Gasteiger partial charge in [0.2, 0.25) is 5.95 Å². The van der Waals surface area contributed by atoms with Gasteiger partial charge in [-0.15, -0.1) is 0 Å². The van der Waals surface area contributed by atoms with Gasteiger partial charge in [-0.1, -0.05) is 0 Å². The van der Waals surface area contributed by atoms with Crippen LogP contribution in [-0.4, -0.2) is 41.4 Å². The summed E-state index contributed by atoms with van der Waals surface area (Å²) in [5, 5.41) is 12.6. The Morgan fingerprint density at radius 2 is 2.39 bits per heavy atom. The number of nitrogens with zero attached hydrogens (tertiary/aromatic N) is 1. The van der Waals surface area contributed by atoms with Gasteiger partial charge in [0.05, 0.1) is 23.7 Å². The maximum atomic E-state index is 9.49. The van der Waals surface area contributed by atoms with E-state index in [-0.39, 0.29) is 0 Å². The molecule has 0 saturated heterocycles. The predicted molar refractivity (Wildman–Crippen MR) is 71.5 cm³/mol. The van der Waals surface area contributed by atoms with E-state index in [0.29, 0.717) is 31.2 Å². The Labute approximate surface area is 105 Å². The van der Waals surface area contributed by atoms with Gasteiger partial charge in [0.25, 0.3) is 0 Å². The van der Waals surface area contributed by atoms with Crippen molar-refractivity contribution in [2.45, 2.75) is 12.5 Å². The number of methoxy groups -OCH3 is 1. The van der Waals surface area contributed by atoms with E-state index >= 15 is 0 Å². The van der Waals surface area contributed by atoms with Crippen molar-refractivity contribution >= 4 is 22.7 Å². The Bertz CT molecular complexity index is 512. The van der Waals surface area contributed by atoms with Crippen molar-refractivity contribution in [1.29, 1.82) is 0 Å². The van der Waals surface area contributed by atoms with Crippen LogP contribution in [0.3, 0.4) is 0 Å². The molecule has 0 saturated carbocycles. The number of nitrogens with two attached hydrogens (primary N) is 1. The summed E-state index contributed by atoms with van der Waals surface area (Å²) < 4.78 is 4.85. The van der Waals surface area contributed by atoms with Gasteiger partial charge in [-0.3, -0.25) is 0 Å². The molecule has 0 fully saturated rings. The number of benzene rings is 1. The number of ether oxygens (including phenoxy) is 1. The third kappa shape index (κ3) is 3.12. The molecule has 1 atom stereocenters. The summed E-state index contributed by atoms with van der Waals surface area (Å²) >= 11 is 0. The van der Waals surface area contributed by atoms with Gasteiger partial charge in [0.1, 0.15) is 0 Å². The normalized spacial score (nSPS) is 12.8. The fourth-order valence-corrected chi connectivity index (χ4v) is 1.74. The fraction of sp³-hybridized carbons (Fsp3) is 0.417. The SMILES string of the molecule is COCC(O)CCNc1nc2ccc(N)cc2[nH]1. The van der Waals surface area contributed by atoms with Crippen molar-refractivity contribution in [2.75, 3.05) is 31.3 Å². The fourth-order valence-electron chi connectivity index (χ4n) is 1.74. The lowest BCUT2D eigenvalue weighted by molar-refractivity contribution is 0.0615. The summed E-state index contributed by atoms with van der Waals surface area (Å²) in [6.07, 6.45) is 0.148. The van der Waals surface area contributed by atoms with Crippen molar-refractivity contribution in [1.82, 2.24) is 9.97 Å². The molecule has 2 aromatic rings. The summed E-state index contributed by atoms with van der Waals surface area (Å²) in [6, 6.07) is 5.52. The average molecular weight is 250 g/mol. The number of nitrogens with one attached hydrogen (secondary N) is 2. The zero-order chi connectivity index (χ0) is 13.0. The van der Waals surface area contributed by atoms with E-state index in [1.54, 1.807) is 7.11 Å². The summed E-state index contributed by atoms with van der Waals surface area (Å²) in [4.78, 5) is 7.49. The molecular weight excluding hydrogens is 232 g/mol. The third-order valence-electron chi connectivity index (χ3n) is 2.63. The summed E-state index contributed by atoms with van der Waals surface area (Å²) in [5.41, 5.74) is 8.16. The maximum absolute atomic E-state index is 9.49. The van der Waals surface area contributed by atoms with E-state index in [1.807, 2.05) is 18.2 Å². The lowest BCUT2D eigenvalue weighted by atomic mass is 10.3. The molecule has 6 heteroatoms. The molecule has 1 aromatic heterocycles. The van der Waals surface area contributed by atoms with E-state index in [9.17, 15) is 5.11 Å². The molecule has 0 aliphatic rings. The number of hydrogen-bond donors (Lipinski definition) is 4. The van der Waals surface area contributed by atoms with E-state index in [1.165, 1.54) is 0 Å². The van der Waals surface area contributed by atoms with Crippen molar-refractivity contribution in [3.63, 3.8) is 0 Å². The highest BCUT2D eigenvalue weighted by Gasteiger charge is 2.05. The van der Waals surface area contributed by atoms with Gasteiger partial charge in [-0.25, -0.2) is 4.98 Å². The van der Waals surface area contributed by atoms with Gasteiger partial charge in [0, 0.05) is 19.3 Å². The first-order valence-corrected chi connectivity index (χ1v) is 5.85. The van der Waals surface area contributed by atoms with E-state index in [0.717, 1.165) is 11.0 Å². The van der Waals surface area contributed by atoms with Crippen LogP contribution >= 0.6 is 0 Å². The van der Waals surface area contributed by atoms with Crippen LogP contribution in [0.1, 0.15) is 6.42 Å². The molecule has 98 valence electrons. The molecule has 0 aliphatic heterocycles. The Morgan fingerprint density at radius 1 is 1.56 bits per heavy atom. The van der Waals surface area contributed by atoms with Crippen LogP contribution in [-0.2, 0) is 4.74 Å². The van der Waals surface area contributed by atoms with Crippen LogP contribution in [0.15, 0.2) is 18.2 Å². The minimum Gasteiger partial charge on any atom is -0.399 e. The Kier molecular flexibility index (Phi) is 4.01. The molecule has 1 heterocycles. The molecule has 0 radical (unpaired) electrons. The zero-order valence-electron chi connectivity index (χ0n) is 10.3. The lowest BCUT2D eigenvalue weighted by Crippen LogP contribution is -2.18. The predicted octanol–water partition coefficient (Wildman–Crippen LogP) is 0.954. The van der Waals surface area contributed by atoms with E-state index in [4.69, 9.17) is 10.5 Å². The number of H-pyrrole nitrogens is 1. The number of rotatable bonds is 6. The molecule has 0 amide bonds. The minimum atomic E-state index is -0.456. The second-order valence-electron chi connectivity index (χ2n) is 4.19. The van der Waals surface area contributed by atoms with Gasteiger partial charge in [-0.05, 0) is 24.6 Å². The second-order valence-corrected chi connectivity index (χ2v) is 4.19. The van der Waals surface area contributed by atoms with Gasteiger partial charge in [0.15, 0.2) is 0 Å². The van der Waals surface area contributed by atoms with Crippen molar-refractivity contribution < 1.29 is 9.84 Å². The van der Waals surface area contributed by atoms with Crippen molar-refractivity contribution in [3.05, 3.63) is 18.2 Å². The van der Waals surface area contributed by atoms with Crippen LogP contribution in [0, 0.1) is 0 Å². The molecule has 5 N–H and O–H groups in total. The van der Waals surface area contributed by atoms with Crippen molar-refractivity contribution in [3.8, 4) is 0 Å². The highest BCUT2D eigenvalue weighted by atomic mass is 16.5. The molecule has 1 unspecified atom stereocenters. The smallest absolute Gasteiger partial charge is 0.201 e. The molecule has 1 aromatic carbocycles. The number of aromatic nitrogens is 2. The Hall–Kier alpha value is -1.79. The number of imidazole rings is 1. The quantitative estimate of drug-likeness (QED) is 0.572. The first kappa shape index (κ1) is 12.7. The Balaban J connectivity index is 1.92. The van der Waals surface area contributed by atoms with E-state index < -0.39 is 6.10 Å². The molecule has 0 spiro atoms. The first-order chi connectivity index (χ1) is 8.69. The first-order valence-electron chi connectivity index (χ1n) is 5.85. The van der Waals surface area contributed by atoms with Crippen LogP contribution in [0.5, 0.6) is 0 Å². The number of nitrogen functional groups attached to an aromatic ring is 1. The van der Waals surface area contributed by atoms with Crippen molar-refractivity contribution in [2.24, 2.45) is 0 Å². The summed E-state index contributed by atoms with van der Waals surface area (Å²) in [7, 11) is 1.57. The Morgan fingerprint density at radius 3 is 3.17 bits per heavy atom. The summed E-state index contributed by atoms with van der Waals surface area (Å²) in [5.74, 6) is 0.681. The third-order valence-corrected chi connectivity index (χ3v) is 2.63. The number of hydrogen-bond acceptors (Lipinski definition) is 5. The molecular formula is C12H18N4O2. The highest BCUT2D eigenvalue weighted by molar-refractivity contribution is 5.80.